The van der Waals surface area contributed by atoms with E-state index < -0.39 is 0 Å². The quantitative estimate of drug-likeness (QED) is 0.216. The third kappa shape index (κ3) is 7.42. The molecule has 0 fully saturated rings. The Morgan fingerprint density at radius 1 is 0.545 bits per heavy atom. The molecule has 0 nitrogen and oxygen atoms in total. The van der Waals surface area contributed by atoms with Gasteiger partial charge in [0.1, 0.15) is 0 Å². The van der Waals surface area contributed by atoms with E-state index >= 15 is 0 Å². The molecule has 1 heteroatoms. The molecule has 0 aromatic heterocycles. The van der Waals surface area contributed by atoms with Gasteiger partial charge in [-0.05, 0) is 91.2 Å². The van der Waals surface area contributed by atoms with E-state index in [0.29, 0.717) is 0 Å². The highest BCUT2D eigenvalue weighted by Gasteiger charge is 2.33. The van der Waals surface area contributed by atoms with Crippen LogP contribution in [-0.4, -0.2) is 0 Å². The van der Waals surface area contributed by atoms with Crippen LogP contribution in [0.1, 0.15) is 132 Å². The molecule has 0 aliphatic rings. The van der Waals surface area contributed by atoms with E-state index in [4.69, 9.17) is 0 Å². The molecule has 0 amide bonds. The lowest BCUT2D eigenvalue weighted by molar-refractivity contribution is 0.619. The van der Waals surface area contributed by atoms with Gasteiger partial charge < -0.3 is 0 Å². The molecule has 1 unspecified atom stereocenters. The van der Waals surface area contributed by atoms with E-state index in [2.05, 4.69) is 80.3 Å². The number of rotatable bonds is 16. The van der Waals surface area contributed by atoms with Crippen LogP contribution in [-0.2, 0) is 30.8 Å². The van der Waals surface area contributed by atoms with Gasteiger partial charge in [-0.25, -0.2) is 0 Å². The zero-order chi connectivity index (χ0) is 24.1. The molecule has 0 spiro atoms. The van der Waals surface area contributed by atoms with Crippen molar-refractivity contribution < 1.29 is 0 Å². The number of hydrogen-bond donors (Lipinski definition) is 0. The van der Waals surface area contributed by atoms with Gasteiger partial charge in [0.25, 0.3) is 0 Å². The van der Waals surface area contributed by atoms with Crippen molar-refractivity contribution in [2.24, 2.45) is 0 Å². The topological polar surface area (TPSA) is 0 Å². The smallest absolute Gasteiger partial charge is 0.0350 e. The van der Waals surface area contributed by atoms with Crippen LogP contribution in [0.15, 0.2) is 36.4 Å². The average molecular weight is 467 g/mol. The lowest BCUT2D eigenvalue weighted by Gasteiger charge is -2.36. The fraction of sp³-hybridized carbons (Fsp3) is 0.625. The van der Waals surface area contributed by atoms with Gasteiger partial charge >= 0.3 is 0 Å². The van der Waals surface area contributed by atoms with Crippen LogP contribution in [0, 0.1) is 0 Å². The molecule has 0 aliphatic heterocycles. The summed E-state index contributed by atoms with van der Waals surface area (Å²) < 4.78 is 0. The highest BCUT2D eigenvalue weighted by Crippen LogP contribution is 2.47. The first-order chi connectivity index (χ1) is 16.1. The minimum Gasteiger partial charge on any atom is -0.122 e. The van der Waals surface area contributed by atoms with E-state index in [9.17, 15) is 0 Å². The SMILES string of the molecule is CCCCc1cccc(C(P)(CCC)c2cccc(CCCC)c2CCCC)c1CCCC. The van der Waals surface area contributed by atoms with Crippen LogP contribution in [0.4, 0.5) is 0 Å². The molecule has 0 N–H and O–H groups in total. The van der Waals surface area contributed by atoms with Crippen LogP contribution in [0.25, 0.3) is 0 Å². The Balaban J connectivity index is 2.71. The van der Waals surface area contributed by atoms with Crippen molar-refractivity contribution in [3.05, 3.63) is 69.8 Å². The lowest BCUT2D eigenvalue weighted by atomic mass is 9.77. The zero-order valence-corrected chi connectivity index (χ0v) is 23.6. The fourth-order valence-corrected chi connectivity index (χ4v) is 6.24. The maximum Gasteiger partial charge on any atom is 0.0350 e. The van der Waals surface area contributed by atoms with Gasteiger partial charge in [-0.3, -0.25) is 0 Å². The zero-order valence-electron chi connectivity index (χ0n) is 22.4. The summed E-state index contributed by atoms with van der Waals surface area (Å²) in [4.78, 5) is 0. The van der Waals surface area contributed by atoms with Crippen molar-refractivity contribution in [3.63, 3.8) is 0 Å². The van der Waals surface area contributed by atoms with Crippen molar-refractivity contribution >= 4 is 9.24 Å². The van der Waals surface area contributed by atoms with Crippen LogP contribution < -0.4 is 0 Å². The summed E-state index contributed by atoms with van der Waals surface area (Å²) in [6.07, 6.45) is 17.4. The lowest BCUT2D eigenvalue weighted by Crippen LogP contribution is -2.25. The van der Waals surface area contributed by atoms with Gasteiger partial charge in [0, 0.05) is 5.16 Å². The van der Waals surface area contributed by atoms with E-state index in [0.717, 1.165) is 0 Å². The third-order valence-electron chi connectivity index (χ3n) is 7.31. The Hall–Kier alpha value is -1.13. The van der Waals surface area contributed by atoms with Crippen molar-refractivity contribution in [3.8, 4) is 0 Å². The standard InChI is InChI=1S/C32H51P/c1-6-11-17-26-19-15-23-30(28(26)21-13-8-3)32(33,25-10-5)31-24-16-20-27(18-12-7-2)29(31)22-14-9-4/h15-16,19-20,23-24H,6-14,17-18,21-22,25,33H2,1-5H3. The maximum absolute atomic E-state index is 3.41. The van der Waals surface area contributed by atoms with Gasteiger partial charge in [-0.15, -0.1) is 9.24 Å². The van der Waals surface area contributed by atoms with Gasteiger partial charge in [-0.1, -0.05) is 103 Å². The number of benzene rings is 2. The van der Waals surface area contributed by atoms with E-state index in [-0.39, 0.29) is 5.16 Å². The molecule has 2 rings (SSSR count). The molecule has 33 heavy (non-hydrogen) atoms. The minimum atomic E-state index is 0.00531. The van der Waals surface area contributed by atoms with E-state index in [1.54, 1.807) is 33.4 Å². The second-order valence-corrected chi connectivity index (χ2v) is 11.0. The summed E-state index contributed by atoms with van der Waals surface area (Å²) in [5, 5.41) is 0.00531. The molecular formula is C32H51P. The molecule has 184 valence electrons. The van der Waals surface area contributed by atoms with Crippen LogP contribution in [0.5, 0.6) is 0 Å². The largest absolute Gasteiger partial charge is 0.122 e. The molecule has 0 aliphatic carbocycles. The first-order valence-electron chi connectivity index (χ1n) is 14.1. The second kappa shape index (κ2) is 15.0. The van der Waals surface area contributed by atoms with Crippen molar-refractivity contribution in [2.75, 3.05) is 0 Å². The van der Waals surface area contributed by atoms with Gasteiger partial charge in [0.05, 0.1) is 0 Å². The Bertz CT molecular complexity index is 756. The summed E-state index contributed by atoms with van der Waals surface area (Å²) in [6, 6.07) is 14.4. The molecule has 1 atom stereocenters. The van der Waals surface area contributed by atoms with Crippen LogP contribution in [0.3, 0.4) is 0 Å². The third-order valence-corrected chi connectivity index (χ3v) is 8.22. The van der Waals surface area contributed by atoms with Crippen LogP contribution >= 0.6 is 9.24 Å². The van der Waals surface area contributed by atoms with Gasteiger partial charge in [0.2, 0.25) is 0 Å². The van der Waals surface area contributed by atoms with Crippen molar-refractivity contribution in [2.45, 2.75) is 130 Å². The van der Waals surface area contributed by atoms with Gasteiger partial charge in [0.15, 0.2) is 0 Å². The fourth-order valence-electron chi connectivity index (χ4n) is 5.41. The van der Waals surface area contributed by atoms with Gasteiger partial charge in [-0.2, -0.15) is 0 Å². The minimum absolute atomic E-state index is 0.00531. The first kappa shape index (κ1) is 28.1. The summed E-state index contributed by atoms with van der Waals surface area (Å²) in [5.74, 6) is 0. The molecule has 0 radical (unpaired) electrons. The second-order valence-electron chi connectivity index (χ2n) is 10.0. The summed E-state index contributed by atoms with van der Waals surface area (Å²) >= 11 is 0. The van der Waals surface area contributed by atoms with Crippen molar-refractivity contribution in [1.82, 2.24) is 0 Å². The normalized spacial score (nSPS) is 11.8. The summed E-state index contributed by atoms with van der Waals surface area (Å²) in [7, 11) is 3.41. The molecule has 2 aromatic rings. The summed E-state index contributed by atoms with van der Waals surface area (Å²) in [5.41, 5.74) is 9.67. The Morgan fingerprint density at radius 2 is 0.939 bits per heavy atom. The first-order valence-corrected chi connectivity index (χ1v) is 14.7. The van der Waals surface area contributed by atoms with Crippen LogP contribution in [0.2, 0.25) is 0 Å². The van der Waals surface area contributed by atoms with Crippen molar-refractivity contribution in [1.29, 1.82) is 0 Å². The predicted octanol–water partition coefficient (Wildman–Crippen LogP) is 9.98. The Labute approximate surface area is 208 Å². The molecule has 0 saturated heterocycles. The Kier molecular flexibility index (Phi) is 12.8. The van der Waals surface area contributed by atoms with E-state index in [1.165, 1.54) is 89.9 Å². The highest BCUT2D eigenvalue weighted by atomic mass is 31.0. The Morgan fingerprint density at radius 3 is 1.30 bits per heavy atom. The number of unbranched alkanes of at least 4 members (excludes halogenated alkanes) is 4. The molecule has 0 saturated carbocycles. The number of hydrogen-bond acceptors (Lipinski definition) is 0. The molecule has 0 heterocycles. The highest BCUT2D eigenvalue weighted by molar-refractivity contribution is 7.19. The maximum atomic E-state index is 3.41. The van der Waals surface area contributed by atoms with E-state index in [1.807, 2.05) is 0 Å². The molecule has 2 aromatic carbocycles. The average Bonchev–Trinajstić information content (AvgIpc) is 2.83. The summed E-state index contributed by atoms with van der Waals surface area (Å²) in [6.45, 7) is 11.6. The monoisotopic (exact) mass is 466 g/mol. The predicted molar refractivity (Wildman–Crippen MR) is 153 cm³/mol. The molecule has 0 bridgehead atoms. The number of aryl methyl sites for hydroxylation is 2. The molecular weight excluding hydrogens is 415 g/mol.